The number of rotatable bonds is 4. The summed E-state index contributed by atoms with van der Waals surface area (Å²) in [6, 6.07) is -0.565. The van der Waals surface area contributed by atoms with E-state index in [1.54, 1.807) is 0 Å². The van der Waals surface area contributed by atoms with Crippen molar-refractivity contribution < 1.29 is 17.9 Å². The smallest absolute Gasteiger partial charge is 0.380 e. The second-order valence-electron chi connectivity index (χ2n) is 3.93. The molecule has 1 fully saturated rings. The largest absolute Gasteiger partial charge is 0.393 e. The van der Waals surface area contributed by atoms with Gasteiger partial charge in [-0.15, -0.1) is 0 Å². The monoisotopic (exact) mass is 225 g/mol. The molecule has 0 aliphatic carbocycles. The van der Waals surface area contributed by atoms with Gasteiger partial charge < -0.3 is 10.1 Å². The molecule has 1 rings (SSSR count). The van der Waals surface area contributed by atoms with Crippen LogP contribution in [0.2, 0.25) is 0 Å². The molecule has 0 aromatic carbocycles. The van der Waals surface area contributed by atoms with Crippen LogP contribution in [0.15, 0.2) is 0 Å². The zero-order chi connectivity index (χ0) is 11.3. The standard InChI is InChI=1S/C10H18F3NO/c1-2-6-15-7-9-8(10(11,12)13)4-3-5-14-9/h8-9,14H,2-7H2,1H3. The van der Waals surface area contributed by atoms with Gasteiger partial charge in [0.1, 0.15) is 0 Å². The lowest BCUT2D eigenvalue weighted by atomic mass is 9.91. The summed E-state index contributed by atoms with van der Waals surface area (Å²) in [6.45, 7) is 3.29. The van der Waals surface area contributed by atoms with Crippen LogP contribution in [-0.2, 0) is 4.74 Å². The second kappa shape index (κ2) is 5.70. The molecule has 0 spiro atoms. The number of piperidine rings is 1. The molecule has 0 aromatic rings. The normalized spacial score (nSPS) is 28.0. The maximum atomic E-state index is 12.6. The van der Waals surface area contributed by atoms with Crippen LogP contribution in [0, 0.1) is 5.92 Å². The van der Waals surface area contributed by atoms with Crippen LogP contribution in [-0.4, -0.2) is 32.0 Å². The average molecular weight is 225 g/mol. The van der Waals surface area contributed by atoms with Gasteiger partial charge in [0.25, 0.3) is 0 Å². The summed E-state index contributed by atoms with van der Waals surface area (Å²) in [5.74, 6) is -1.25. The molecular weight excluding hydrogens is 207 g/mol. The maximum absolute atomic E-state index is 12.6. The topological polar surface area (TPSA) is 21.3 Å². The lowest BCUT2D eigenvalue weighted by Gasteiger charge is -2.33. The van der Waals surface area contributed by atoms with E-state index >= 15 is 0 Å². The van der Waals surface area contributed by atoms with Gasteiger partial charge in [-0.25, -0.2) is 0 Å². The predicted octanol–water partition coefficient (Wildman–Crippen LogP) is 2.34. The van der Waals surface area contributed by atoms with Gasteiger partial charge in [-0.05, 0) is 25.8 Å². The molecule has 1 heterocycles. The third-order valence-electron chi connectivity index (χ3n) is 2.65. The molecule has 0 saturated carbocycles. The highest BCUT2D eigenvalue weighted by Crippen LogP contribution is 2.34. The van der Waals surface area contributed by atoms with Crippen LogP contribution < -0.4 is 5.32 Å². The van der Waals surface area contributed by atoms with Gasteiger partial charge in [0.05, 0.1) is 12.5 Å². The summed E-state index contributed by atoms with van der Waals surface area (Å²) >= 11 is 0. The van der Waals surface area contributed by atoms with Crippen LogP contribution in [0.1, 0.15) is 26.2 Å². The molecule has 0 aromatic heterocycles. The predicted molar refractivity (Wildman–Crippen MR) is 51.7 cm³/mol. The third kappa shape index (κ3) is 3.99. The number of halogens is 3. The minimum Gasteiger partial charge on any atom is -0.380 e. The number of hydrogen-bond acceptors (Lipinski definition) is 2. The molecule has 90 valence electrons. The second-order valence-corrected chi connectivity index (χ2v) is 3.93. The Labute approximate surface area is 88.2 Å². The van der Waals surface area contributed by atoms with E-state index in [-0.39, 0.29) is 13.0 Å². The van der Waals surface area contributed by atoms with Crippen molar-refractivity contribution in [3.63, 3.8) is 0 Å². The fourth-order valence-electron chi connectivity index (χ4n) is 1.87. The Morgan fingerprint density at radius 2 is 2.13 bits per heavy atom. The van der Waals surface area contributed by atoms with E-state index in [4.69, 9.17) is 4.74 Å². The lowest BCUT2D eigenvalue weighted by molar-refractivity contribution is -0.192. The molecule has 2 unspecified atom stereocenters. The molecule has 0 radical (unpaired) electrons. The molecule has 1 aliphatic rings. The van der Waals surface area contributed by atoms with Crippen LogP contribution in [0.4, 0.5) is 13.2 Å². The van der Waals surface area contributed by atoms with Crippen LogP contribution in [0.25, 0.3) is 0 Å². The molecule has 0 amide bonds. The summed E-state index contributed by atoms with van der Waals surface area (Å²) in [5.41, 5.74) is 0. The molecular formula is C10H18F3NO. The van der Waals surface area contributed by atoms with Crippen molar-refractivity contribution in [2.24, 2.45) is 5.92 Å². The average Bonchev–Trinajstić information content (AvgIpc) is 2.17. The Morgan fingerprint density at radius 3 is 2.73 bits per heavy atom. The Bertz CT molecular complexity index is 184. The van der Waals surface area contributed by atoms with E-state index < -0.39 is 18.1 Å². The third-order valence-corrected chi connectivity index (χ3v) is 2.65. The molecule has 1 N–H and O–H groups in total. The zero-order valence-corrected chi connectivity index (χ0v) is 8.94. The molecule has 15 heavy (non-hydrogen) atoms. The first-order valence-electron chi connectivity index (χ1n) is 5.43. The van der Waals surface area contributed by atoms with Gasteiger partial charge in [0.2, 0.25) is 0 Å². The first-order valence-corrected chi connectivity index (χ1v) is 5.43. The Hall–Kier alpha value is -0.290. The number of nitrogens with one attached hydrogen (secondary N) is 1. The Kier molecular flexibility index (Phi) is 4.86. The van der Waals surface area contributed by atoms with Crippen LogP contribution in [0.3, 0.4) is 0 Å². The quantitative estimate of drug-likeness (QED) is 0.741. The number of alkyl halides is 3. The van der Waals surface area contributed by atoms with E-state index in [1.807, 2.05) is 6.92 Å². The Morgan fingerprint density at radius 1 is 1.40 bits per heavy atom. The number of hydrogen-bond donors (Lipinski definition) is 1. The fourth-order valence-corrected chi connectivity index (χ4v) is 1.87. The summed E-state index contributed by atoms with van der Waals surface area (Å²) in [7, 11) is 0. The minimum absolute atomic E-state index is 0.165. The van der Waals surface area contributed by atoms with E-state index in [2.05, 4.69) is 5.32 Å². The van der Waals surface area contributed by atoms with Crippen molar-refractivity contribution in [1.29, 1.82) is 0 Å². The highest BCUT2D eigenvalue weighted by Gasteiger charge is 2.45. The summed E-state index contributed by atoms with van der Waals surface area (Å²) in [4.78, 5) is 0. The SMILES string of the molecule is CCCOCC1NCCCC1C(F)(F)F. The van der Waals surface area contributed by atoms with Gasteiger partial charge in [0.15, 0.2) is 0 Å². The van der Waals surface area contributed by atoms with Crippen molar-refractivity contribution in [3.8, 4) is 0 Å². The van der Waals surface area contributed by atoms with E-state index in [0.717, 1.165) is 6.42 Å². The molecule has 2 nitrogen and oxygen atoms in total. The van der Waals surface area contributed by atoms with Crippen LogP contribution >= 0.6 is 0 Å². The highest BCUT2D eigenvalue weighted by molar-refractivity contribution is 4.85. The molecule has 1 saturated heterocycles. The van der Waals surface area contributed by atoms with Crippen molar-refractivity contribution in [2.75, 3.05) is 19.8 Å². The first kappa shape index (κ1) is 12.8. The first-order chi connectivity index (χ1) is 7.05. The van der Waals surface area contributed by atoms with Crippen LogP contribution in [0.5, 0.6) is 0 Å². The van der Waals surface area contributed by atoms with Crippen molar-refractivity contribution in [3.05, 3.63) is 0 Å². The molecule has 1 aliphatic heterocycles. The minimum atomic E-state index is -4.10. The van der Waals surface area contributed by atoms with Gasteiger partial charge >= 0.3 is 6.18 Å². The van der Waals surface area contributed by atoms with Gasteiger partial charge in [-0.2, -0.15) is 13.2 Å². The molecule has 0 bridgehead atoms. The van der Waals surface area contributed by atoms with Gasteiger partial charge in [-0.3, -0.25) is 0 Å². The van der Waals surface area contributed by atoms with Crippen molar-refractivity contribution >= 4 is 0 Å². The molecule has 5 heteroatoms. The van der Waals surface area contributed by atoms with Gasteiger partial charge in [0, 0.05) is 12.6 Å². The summed E-state index contributed by atoms with van der Waals surface area (Å²) in [5, 5.41) is 2.89. The van der Waals surface area contributed by atoms with Gasteiger partial charge in [-0.1, -0.05) is 6.92 Å². The van der Waals surface area contributed by atoms with E-state index in [0.29, 0.717) is 19.6 Å². The van der Waals surface area contributed by atoms with Crippen molar-refractivity contribution in [2.45, 2.75) is 38.4 Å². The van der Waals surface area contributed by atoms with Crippen molar-refractivity contribution in [1.82, 2.24) is 5.32 Å². The Balaban J connectivity index is 2.43. The zero-order valence-electron chi connectivity index (χ0n) is 8.94. The maximum Gasteiger partial charge on any atom is 0.393 e. The summed E-state index contributed by atoms with van der Waals surface area (Å²) in [6.07, 6.45) is -2.46. The van der Waals surface area contributed by atoms with E-state index in [1.165, 1.54) is 0 Å². The summed E-state index contributed by atoms with van der Waals surface area (Å²) < 4.78 is 43.0. The van der Waals surface area contributed by atoms with E-state index in [9.17, 15) is 13.2 Å². The highest BCUT2D eigenvalue weighted by atomic mass is 19.4. The molecule has 2 atom stereocenters. The fraction of sp³-hybridized carbons (Fsp3) is 1.00. The lowest BCUT2D eigenvalue weighted by Crippen LogP contribution is -2.50. The number of ether oxygens (including phenoxy) is 1.